The fourth-order valence-corrected chi connectivity index (χ4v) is 3.09. The summed E-state index contributed by atoms with van der Waals surface area (Å²) in [4.78, 5) is 24.0. The maximum atomic E-state index is 13.6. The van der Waals surface area contributed by atoms with Crippen LogP contribution < -0.4 is 5.32 Å². The summed E-state index contributed by atoms with van der Waals surface area (Å²) in [5, 5.41) is 11.9. The van der Waals surface area contributed by atoms with Gasteiger partial charge in [0, 0.05) is 5.69 Å². The van der Waals surface area contributed by atoms with Gasteiger partial charge in [-0.1, -0.05) is 24.6 Å². The van der Waals surface area contributed by atoms with Gasteiger partial charge in [-0.25, -0.2) is 9.18 Å². The van der Waals surface area contributed by atoms with Gasteiger partial charge in [0.1, 0.15) is 5.82 Å². The summed E-state index contributed by atoms with van der Waals surface area (Å²) in [7, 11) is 0. The Morgan fingerprint density at radius 3 is 2.50 bits per heavy atom. The number of aromatic carboxylic acids is 1. The minimum Gasteiger partial charge on any atom is -0.478 e. The molecule has 5 heteroatoms. The standard InChI is InChI=1S/C19H18FNO3/c1-12-6-7-13(17(22)23)10-16(12)21-18(24)19(8-3-9-19)14-4-2-5-15(20)11-14/h2,4-7,10-11H,3,8-9H2,1H3,(H,21,24)(H,22,23). The highest BCUT2D eigenvalue weighted by Gasteiger charge is 2.45. The molecular formula is C19H18FNO3. The number of halogens is 1. The van der Waals surface area contributed by atoms with E-state index in [0.29, 0.717) is 24.1 Å². The number of nitrogens with one attached hydrogen (secondary N) is 1. The van der Waals surface area contributed by atoms with Gasteiger partial charge in [-0.05, 0) is 55.2 Å². The van der Waals surface area contributed by atoms with Crippen LogP contribution in [0.4, 0.5) is 10.1 Å². The van der Waals surface area contributed by atoms with Gasteiger partial charge in [0.05, 0.1) is 11.0 Å². The van der Waals surface area contributed by atoms with Gasteiger partial charge >= 0.3 is 5.97 Å². The number of carbonyl (C=O) groups is 2. The van der Waals surface area contributed by atoms with Crippen molar-refractivity contribution >= 4 is 17.6 Å². The third kappa shape index (κ3) is 2.77. The van der Waals surface area contributed by atoms with Crippen LogP contribution in [0.5, 0.6) is 0 Å². The zero-order valence-electron chi connectivity index (χ0n) is 13.3. The molecule has 0 heterocycles. The Kier molecular flexibility index (Phi) is 4.09. The third-order valence-corrected chi connectivity index (χ3v) is 4.75. The molecule has 1 aliphatic rings. The summed E-state index contributed by atoms with van der Waals surface area (Å²) in [6, 6.07) is 10.7. The Morgan fingerprint density at radius 2 is 1.92 bits per heavy atom. The Hall–Kier alpha value is -2.69. The normalized spacial score (nSPS) is 15.4. The number of benzene rings is 2. The topological polar surface area (TPSA) is 66.4 Å². The zero-order chi connectivity index (χ0) is 17.3. The Bertz CT molecular complexity index is 812. The fourth-order valence-electron chi connectivity index (χ4n) is 3.09. The monoisotopic (exact) mass is 327 g/mol. The van der Waals surface area contributed by atoms with Crippen molar-refractivity contribution in [2.24, 2.45) is 0 Å². The highest BCUT2D eigenvalue weighted by molar-refractivity contribution is 6.01. The Balaban J connectivity index is 1.91. The van der Waals surface area contributed by atoms with Crippen molar-refractivity contribution in [3.05, 3.63) is 65.0 Å². The van der Waals surface area contributed by atoms with E-state index < -0.39 is 11.4 Å². The molecule has 0 spiro atoms. The first-order valence-electron chi connectivity index (χ1n) is 7.84. The molecule has 1 aliphatic carbocycles. The number of carbonyl (C=O) groups excluding carboxylic acids is 1. The van der Waals surface area contributed by atoms with Gasteiger partial charge in [-0.2, -0.15) is 0 Å². The minimum atomic E-state index is -1.05. The summed E-state index contributed by atoms with van der Waals surface area (Å²) in [6.45, 7) is 1.80. The molecule has 0 saturated heterocycles. The zero-order valence-corrected chi connectivity index (χ0v) is 13.3. The van der Waals surface area contributed by atoms with Crippen LogP contribution in [0.25, 0.3) is 0 Å². The van der Waals surface area contributed by atoms with Gasteiger partial charge in [0.15, 0.2) is 0 Å². The second kappa shape index (κ2) is 6.07. The van der Waals surface area contributed by atoms with E-state index in [1.807, 2.05) is 0 Å². The number of hydrogen-bond donors (Lipinski definition) is 2. The number of anilines is 1. The molecular weight excluding hydrogens is 309 g/mol. The minimum absolute atomic E-state index is 0.115. The van der Waals surface area contributed by atoms with E-state index in [0.717, 1.165) is 12.0 Å². The lowest BCUT2D eigenvalue weighted by atomic mass is 9.63. The van der Waals surface area contributed by atoms with Crippen LogP contribution in [0.3, 0.4) is 0 Å². The van der Waals surface area contributed by atoms with Crippen LogP contribution in [0.1, 0.15) is 40.7 Å². The molecule has 2 aromatic rings. The van der Waals surface area contributed by atoms with Crippen molar-refractivity contribution in [3.63, 3.8) is 0 Å². The second-order valence-electron chi connectivity index (χ2n) is 6.23. The van der Waals surface area contributed by atoms with Crippen molar-refractivity contribution in [1.29, 1.82) is 0 Å². The number of rotatable bonds is 4. The highest BCUT2D eigenvalue weighted by Crippen LogP contribution is 2.44. The molecule has 0 bridgehead atoms. The number of carboxylic acid groups (broad SMARTS) is 1. The molecule has 0 aliphatic heterocycles. The predicted octanol–water partition coefficient (Wildman–Crippen LogP) is 3.89. The van der Waals surface area contributed by atoms with Crippen LogP contribution >= 0.6 is 0 Å². The van der Waals surface area contributed by atoms with Crippen LogP contribution in [0.2, 0.25) is 0 Å². The molecule has 0 atom stereocenters. The Labute approximate surface area is 139 Å². The van der Waals surface area contributed by atoms with Crippen molar-refractivity contribution in [1.82, 2.24) is 0 Å². The molecule has 24 heavy (non-hydrogen) atoms. The fraction of sp³-hybridized carbons (Fsp3) is 0.263. The molecule has 1 amide bonds. The lowest BCUT2D eigenvalue weighted by Gasteiger charge is -2.40. The summed E-state index contributed by atoms with van der Waals surface area (Å²) < 4.78 is 13.6. The number of amides is 1. The number of aryl methyl sites for hydroxylation is 1. The highest BCUT2D eigenvalue weighted by atomic mass is 19.1. The van der Waals surface area contributed by atoms with Crippen LogP contribution in [0.15, 0.2) is 42.5 Å². The second-order valence-corrected chi connectivity index (χ2v) is 6.23. The van der Waals surface area contributed by atoms with E-state index in [-0.39, 0.29) is 17.3 Å². The van der Waals surface area contributed by atoms with E-state index in [4.69, 9.17) is 5.11 Å². The summed E-state index contributed by atoms with van der Waals surface area (Å²) >= 11 is 0. The van der Waals surface area contributed by atoms with Crippen molar-refractivity contribution in [2.75, 3.05) is 5.32 Å². The van der Waals surface area contributed by atoms with Crippen LogP contribution in [-0.2, 0) is 10.2 Å². The first kappa shape index (κ1) is 16.2. The largest absolute Gasteiger partial charge is 0.478 e. The van der Waals surface area contributed by atoms with Crippen molar-refractivity contribution in [3.8, 4) is 0 Å². The Morgan fingerprint density at radius 1 is 1.17 bits per heavy atom. The van der Waals surface area contributed by atoms with Crippen molar-refractivity contribution in [2.45, 2.75) is 31.6 Å². The summed E-state index contributed by atoms with van der Waals surface area (Å²) in [5.74, 6) is -1.63. The third-order valence-electron chi connectivity index (χ3n) is 4.75. The molecule has 1 fully saturated rings. The molecule has 3 rings (SSSR count). The molecule has 2 N–H and O–H groups in total. The van der Waals surface area contributed by atoms with E-state index in [1.54, 1.807) is 25.1 Å². The maximum Gasteiger partial charge on any atom is 0.335 e. The first-order valence-corrected chi connectivity index (χ1v) is 7.84. The molecule has 2 aromatic carbocycles. The molecule has 1 saturated carbocycles. The lowest BCUT2D eigenvalue weighted by Crippen LogP contribution is -2.46. The quantitative estimate of drug-likeness (QED) is 0.895. The van der Waals surface area contributed by atoms with E-state index in [1.165, 1.54) is 24.3 Å². The average molecular weight is 327 g/mol. The maximum absolute atomic E-state index is 13.6. The lowest BCUT2D eigenvalue weighted by molar-refractivity contribution is -0.124. The van der Waals surface area contributed by atoms with Gasteiger partial charge in [0.25, 0.3) is 0 Å². The van der Waals surface area contributed by atoms with Gasteiger partial charge in [0.2, 0.25) is 5.91 Å². The van der Waals surface area contributed by atoms with Gasteiger partial charge in [-0.3, -0.25) is 4.79 Å². The number of carboxylic acids is 1. The molecule has 0 unspecified atom stereocenters. The summed E-state index contributed by atoms with van der Waals surface area (Å²) in [5.41, 5.74) is 1.29. The van der Waals surface area contributed by atoms with Gasteiger partial charge in [-0.15, -0.1) is 0 Å². The van der Waals surface area contributed by atoms with E-state index in [2.05, 4.69) is 5.32 Å². The van der Waals surface area contributed by atoms with Crippen molar-refractivity contribution < 1.29 is 19.1 Å². The van der Waals surface area contributed by atoms with E-state index >= 15 is 0 Å². The molecule has 0 aromatic heterocycles. The first-order chi connectivity index (χ1) is 11.4. The molecule has 124 valence electrons. The molecule has 4 nitrogen and oxygen atoms in total. The van der Waals surface area contributed by atoms with Gasteiger partial charge < -0.3 is 10.4 Å². The van der Waals surface area contributed by atoms with E-state index in [9.17, 15) is 14.0 Å². The number of hydrogen-bond acceptors (Lipinski definition) is 2. The SMILES string of the molecule is Cc1ccc(C(=O)O)cc1NC(=O)C1(c2cccc(F)c2)CCC1. The predicted molar refractivity (Wildman–Crippen MR) is 88.7 cm³/mol. The molecule has 0 radical (unpaired) electrons. The summed E-state index contributed by atoms with van der Waals surface area (Å²) in [6.07, 6.45) is 2.21. The average Bonchev–Trinajstić information content (AvgIpc) is 2.48. The van der Waals surface area contributed by atoms with Crippen LogP contribution in [0, 0.1) is 12.7 Å². The smallest absolute Gasteiger partial charge is 0.335 e. The van der Waals surface area contributed by atoms with Crippen LogP contribution in [-0.4, -0.2) is 17.0 Å².